The van der Waals surface area contributed by atoms with Crippen molar-refractivity contribution < 1.29 is 13.2 Å². The molecule has 0 bridgehead atoms. The number of nitrogens with zero attached hydrogens (tertiary/aromatic N) is 1. The summed E-state index contributed by atoms with van der Waals surface area (Å²) >= 11 is 0. The normalized spacial score (nSPS) is 25.6. The van der Waals surface area contributed by atoms with Crippen molar-refractivity contribution in [2.24, 2.45) is 11.7 Å². The smallest absolute Gasteiger partial charge is 0.153 e. The molecule has 0 aromatic rings. The quantitative estimate of drug-likeness (QED) is 0.700. The predicted molar refractivity (Wildman–Crippen MR) is 64.1 cm³/mol. The van der Waals surface area contributed by atoms with Crippen molar-refractivity contribution in [2.45, 2.75) is 13.0 Å². The van der Waals surface area contributed by atoms with Gasteiger partial charge in [0.05, 0.1) is 24.2 Å². The van der Waals surface area contributed by atoms with Gasteiger partial charge in [0.25, 0.3) is 0 Å². The molecule has 1 heterocycles. The lowest BCUT2D eigenvalue weighted by molar-refractivity contribution is -0.00682. The lowest BCUT2D eigenvalue weighted by atomic mass is 10.2. The first-order valence-corrected chi connectivity index (χ1v) is 7.45. The lowest BCUT2D eigenvalue weighted by Gasteiger charge is -2.30. The van der Waals surface area contributed by atoms with Gasteiger partial charge in [0, 0.05) is 13.1 Å². The Balaban J connectivity index is 2.45. The Morgan fingerprint density at radius 1 is 1.56 bits per heavy atom. The molecule has 16 heavy (non-hydrogen) atoms. The van der Waals surface area contributed by atoms with E-state index in [1.165, 1.54) is 0 Å². The average molecular weight is 250 g/mol. The van der Waals surface area contributed by atoms with Crippen LogP contribution in [0.3, 0.4) is 0 Å². The van der Waals surface area contributed by atoms with Gasteiger partial charge in [0.1, 0.15) is 0 Å². The summed E-state index contributed by atoms with van der Waals surface area (Å²) in [6.07, 6.45) is -0.186. The van der Waals surface area contributed by atoms with Crippen molar-refractivity contribution in [1.82, 2.24) is 4.90 Å². The minimum atomic E-state index is -3.05. The summed E-state index contributed by atoms with van der Waals surface area (Å²) in [5.74, 6) is 0.292. The molecule has 0 aromatic carbocycles. The topological polar surface area (TPSA) is 72.6 Å². The molecule has 1 aliphatic heterocycles. The maximum Gasteiger partial charge on any atom is 0.153 e. The van der Waals surface area contributed by atoms with E-state index in [0.29, 0.717) is 19.7 Å². The molecule has 1 saturated heterocycles. The second-order valence-electron chi connectivity index (χ2n) is 4.67. The van der Waals surface area contributed by atoms with Crippen molar-refractivity contribution in [3.05, 3.63) is 0 Å². The largest absolute Gasteiger partial charge is 0.375 e. The summed E-state index contributed by atoms with van der Waals surface area (Å²) in [7, 11) is -1.07. The molecule has 1 fully saturated rings. The van der Waals surface area contributed by atoms with Gasteiger partial charge >= 0.3 is 0 Å². The second kappa shape index (κ2) is 5.95. The monoisotopic (exact) mass is 250 g/mol. The van der Waals surface area contributed by atoms with Crippen LogP contribution in [0.4, 0.5) is 0 Å². The molecule has 0 saturated carbocycles. The van der Waals surface area contributed by atoms with Gasteiger partial charge in [0.15, 0.2) is 9.84 Å². The van der Waals surface area contributed by atoms with Gasteiger partial charge < -0.3 is 15.4 Å². The van der Waals surface area contributed by atoms with Gasteiger partial charge in [-0.05, 0) is 19.5 Å². The molecular formula is C10H22N2O3S. The zero-order valence-corrected chi connectivity index (χ0v) is 10.9. The van der Waals surface area contributed by atoms with Crippen molar-refractivity contribution in [3.63, 3.8) is 0 Å². The predicted octanol–water partition coefficient (Wildman–Crippen LogP) is -0.673. The molecule has 2 unspecified atom stereocenters. The summed E-state index contributed by atoms with van der Waals surface area (Å²) in [5, 5.41) is 0. The summed E-state index contributed by atoms with van der Waals surface area (Å²) < 4.78 is 29.1. The van der Waals surface area contributed by atoms with E-state index in [-0.39, 0.29) is 23.5 Å². The Hall–Kier alpha value is -0.170. The Kier molecular flexibility index (Phi) is 5.17. The molecule has 0 aliphatic carbocycles. The summed E-state index contributed by atoms with van der Waals surface area (Å²) in [6.45, 7) is 4.44. The fraction of sp³-hybridized carbons (Fsp3) is 1.00. The molecule has 2 N–H and O–H groups in total. The maximum absolute atomic E-state index is 11.8. The summed E-state index contributed by atoms with van der Waals surface area (Å²) in [4.78, 5) is 2.09. The SMILES string of the molecule is CC(CN)CS(=O)(=O)CC1CN(C)CCO1. The lowest BCUT2D eigenvalue weighted by Crippen LogP contribution is -2.44. The standard InChI is InChI=1S/C10H22N2O3S/c1-9(5-11)7-16(13,14)8-10-6-12(2)3-4-15-10/h9-10H,3-8,11H2,1-2H3. The van der Waals surface area contributed by atoms with E-state index in [0.717, 1.165) is 6.54 Å². The summed E-state index contributed by atoms with van der Waals surface area (Å²) in [6, 6.07) is 0. The number of rotatable bonds is 5. The van der Waals surface area contributed by atoms with Crippen LogP contribution < -0.4 is 5.73 Å². The minimum absolute atomic E-state index is 0.0197. The number of ether oxygens (including phenoxy) is 1. The third kappa shape index (κ3) is 4.78. The molecular weight excluding hydrogens is 228 g/mol. The molecule has 0 aromatic heterocycles. The molecule has 1 rings (SSSR count). The molecule has 0 spiro atoms. The first-order chi connectivity index (χ1) is 7.43. The highest BCUT2D eigenvalue weighted by Crippen LogP contribution is 2.09. The highest BCUT2D eigenvalue weighted by Gasteiger charge is 2.25. The van der Waals surface area contributed by atoms with E-state index < -0.39 is 9.84 Å². The van der Waals surface area contributed by atoms with Gasteiger partial charge in [-0.1, -0.05) is 6.92 Å². The minimum Gasteiger partial charge on any atom is -0.375 e. The number of likely N-dealkylation sites (N-methyl/N-ethyl adjacent to an activating group) is 1. The van der Waals surface area contributed by atoms with Gasteiger partial charge in [-0.3, -0.25) is 0 Å². The summed E-state index contributed by atoms with van der Waals surface area (Å²) in [5.41, 5.74) is 5.43. The Morgan fingerprint density at radius 2 is 2.25 bits per heavy atom. The molecule has 2 atom stereocenters. The van der Waals surface area contributed by atoms with E-state index >= 15 is 0 Å². The van der Waals surface area contributed by atoms with E-state index in [1.54, 1.807) is 0 Å². The number of nitrogens with two attached hydrogens (primary N) is 1. The van der Waals surface area contributed by atoms with Gasteiger partial charge in [-0.2, -0.15) is 0 Å². The van der Waals surface area contributed by atoms with Gasteiger partial charge in [-0.15, -0.1) is 0 Å². The molecule has 0 amide bonds. The van der Waals surface area contributed by atoms with Gasteiger partial charge in [0.2, 0.25) is 0 Å². The maximum atomic E-state index is 11.8. The molecule has 6 heteroatoms. The van der Waals surface area contributed by atoms with Crippen LogP contribution in [0.2, 0.25) is 0 Å². The first kappa shape index (κ1) is 13.9. The van der Waals surface area contributed by atoms with E-state index in [4.69, 9.17) is 10.5 Å². The fourth-order valence-electron chi connectivity index (χ4n) is 1.82. The van der Waals surface area contributed by atoms with Crippen molar-refractivity contribution >= 4 is 9.84 Å². The van der Waals surface area contributed by atoms with Crippen molar-refractivity contribution in [3.8, 4) is 0 Å². The Morgan fingerprint density at radius 3 is 2.81 bits per heavy atom. The fourth-order valence-corrected chi connectivity index (χ4v) is 3.73. The number of hydrogen-bond donors (Lipinski definition) is 1. The molecule has 96 valence electrons. The van der Waals surface area contributed by atoms with Crippen LogP contribution in [-0.2, 0) is 14.6 Å². The van der Waals surface area contributed by atoms with E-state index in [2.05, 4.69) is 4.90 Å². The van der Waals surface area contributed by atoms with Gasteiger partial charge in [-0.25, -0.2) is 8.42 Å². The zero-order valence-electron chi connectivity index (χ0n) is 10.1. The van der Waals surface area contributed by atoms with Crippen molar-refractivity contribution in [2.75, 3.05) is 44.8 Å². The highest BCUT2D eigenvalue weighted by atomic mass is 32.2. The van der Waals surface area contributed by atoms with Crippen molar-refractivity contribution in [1.29, 1.82) is 0 Å². The van der Waals surface area contributed by atoms with Crippen LogP contribution in [0, 0.1) is 5.92 Å². The third-order valence-corrected chi connectivity index (χ3v) is 4.68. The van der Waals surface area contributed by atoms with Crippen LogP contribution in [-0.4, -0.2) is 64.2 Å². The number of sulfone groups is 1. The highest BCUT2D eigenvalue weighted by molar-refractivity contribution is 7.91. The van der Waals surface area contributed by atoms with E-state index in [1.807, 2.05) is 14.0 Å². The van der Waals surface area contributed by atoms with Crippen LogP contribution in [0.1, 0.15) is 6.92 Å². The Bertz CT molecular complexity index is 305. The molecule has 0 radical (unpaired) electrons. The van der Waals surface area contributed by atoms with Crippen LogP contribution in [0.5, 0.6) is 0 Å². The van der Waals surface area contributed by atoms with E-state index in [9.17, 15) is 8.42 Å². The van der Waals surface area contributed by atoms with Crippen LogP contribution >= 0.6 is 0 Å². The molecule has 1 aliphatic rings. The number of morpholine rings is 1. The average Bonchev–Trinajstić information content (AvgIpc) is 2.15. The molecule has 5 nitrogen and oxygen atoms in total. The Labute approximate surface area is 97.9 Å². The second-order valence-corrected chi connectivity index (χ2v) is 6.83. The van der Waals surface area contributed by atoms with Crippen LogP contribution in [0.25, 0.3) is 0 Å². The first-order valence-electron chi connectivity index (χ1n) is 5.63. The van der Waals surface area contributed by atoms with Crippen LogP contribution in [0.15, 0.2) is 0 Å². The zero-order chi connectivity index (χ0) is 12.2. The third-order valence-electron chi connectivity index (χ3n) is 2.72. The number of hydrogen-bond acceptors (Lipinski definition) is 5.